The Bertz CT molecular complexity index is 1670. The number of hydrogen-bond acceptors (Lipinski definition) is 7. The standard InChI is InChI=1S/C27H26N6O4/c1-2-5-23-22(25(34)32(19-12-13-36-15-19)26-28-16-29-33(23)26)14-17-8-10-18(11-9-17)20-6-3-4-7-21(20)24-30-27(35)37-31-24/h3-4,6-11,16,19H,2,5,12-15H2,1H3,(H,30,31,35). The third kappa shape index (κ3) is 4.19. The smallest absolute Gasteiger partial charge is 0.379 e. The largest absolute Gasteiger partial charge is 0.439 e. The molecule has 1 atom stereocenters. The lowest BCUT2D eigenvalue weighted by molar-refractivity contribution is 0.186. The highest BCUT2D eigenvalue weighted by atomic mass is 16.5. The van der Waals surface area contributed by atoms with Crippen LogP contribution in [0.3, 0.4) is 0 Å². The van der Waals surface area contributed by atoms with Gasteiger partial charge in [-0.1, -0.05) is 67.0 Å². The van der Waals surface area contributed by atoms with Crippen LogP contribution in [-0.4, -0.2) is 42.5 Å². The summed E-state index contributed by atoms with van der Waals surface area (Å²) < 4.78 is 13.9. The zero-order valence-electron chi connectivity index (χ0n) is 20.4. The van der Waals surface area contributed by atoms with Crippen molar-refractivity contribution in [2.24, 2.45) is 0 Å². The molecule has 3 aromatic heterocycles. The molecule has 1 unspecified atom stereocenters. The molecular formula is C27H26N6O4. The zero-order valence-corrected chi connectivity index (χ0v) is 20.4. The molecule has 2 aromatic carbocycles. The Morgan fingerprint density at radius 1 is 1.08 bits per heavy atom. The van der Waals surface area contributed by atoms with Gasteiger partial charge in [-0.05, 0) is 29.5 Å². The molecule has 0 radical (unpaired) electrons. The summed E-state index contributed by atoms with van der Waals surface area (Å²) in [6.07, 6.45) is 4.39. The van der Waals surface area contributed by atoms with Gasteiger partial charge in [0.15, 0.2) is 5.82 Å². The second-order valence-electron chi connectivity index (χ2n) is 9.20. The summed E-state index contributed by atoms with van der Waals surface area (Å²) in [5.41, 5.74) is 5.27. The minimum Gasteiger partial charge on any atom is -0.379 e. The van der Waals surface area contributed by atoms with Crippen LogP contribution in [0.4, 0.5) is 0 Å². The fourth-order valence-electron chi connectivity index (χ4n) is 5.10. The average molecular weight is 499 g/mol. The molecule has 1 aliphatic rings. The molecule has 0 aliphatic carbocycles. The van der Waals surface area contributed by atoms with Gasteiger partial charge >= 0.3 is 5.76 Å². The highest BCUT2D eigenvalue weighted by Crippen LogP contribution is 2.30. The van der Waals surface area contributed by atoms with E-state index in [2.05, 4.69) is 27.1 Å². The van der Waals surface area contributed by atoms with E-state index in [-0.39, 0.29) is 11.6 Å². The molecule has 1 N–H and O–H groups in total. The van der Waals surface area contributed by atoms with Gasteiger partial charge in [-0.25, -0.2) is 9.31 Å². The molecule has 1 saturated heterocycles. The average Bonchev–Trinajstić information content (AvgIpc) is 3.70. The van der Waals surface area contributed by atoms with Crippen LogP contribution in [-0.2, 0) is 17.6 Å². The molecule has 4 heterocycles. The van der Waals surface area contributed by atoms with Gasteiger partial charge < -0.3 is 4.74 Å². The van der Waals surface area contributed by atoms with E-state index < -0.39 is 5.76 Å². The molecule has 0 spiro atoms. The minimum atomic E-state index is -0.595. The van der Waals surface area contributed by atoms with Crippen molar-refractivity contribution in [3.8, 4) is 22.5 Å². The van der Waals surface area contributed by atoms with E-state index in [0.717, 1.165) is 52.8 Å². The number of H-pyrrole nitrogens is 1. The maximum Gasteiger partial charge on any atom is 0.439 e. The fourth-order valence-corrected chi connectivity index (χ4v) is 5.10. The number of nitrogens with zero attached hydrogens (tertiary/aromatic N) is 5. The number of aryl methyl sites for hydroxylation is 1. The van der Waals surface area contributed by atoms with Crippen LogP contribution >= 0.6 is 0 Å². The quantitative estimate of drug-likeness (QED) is 0.365. The fraction of sp³-hybridized carbons (Fsp3) is 0.296. The van der Waals surface area contributed by atoms with Crippen molar-refractivity contribution in [3.05, 3.63) is 92.6 Å². The minimum absolute atomic E-state index is 0.0242. The Balaban J connectivity index is 1.39. The van der Waals surface area contributed by atoms with Crippen molar-refractivity contribution < 1.29 is 9.26 Å². The van der Waals surface area contributed by atoms with Crippen LogP contribution < -0.4 is 11.3 Å². The molecule has 6 rings (SSSR count). The van der Waals surface area contributed by atoms with Crippen molar-refractivity contribution in [2.75, 3.05) is 13.2 Å². The Hall–Kier alpha value is -4.31. The lowest BCUT2D eigenvalue weighted by Crippen LogP contribution is -2.32. The lowest BCUT2D eigenvalue weighted by atomic mass is 9.96. The molecule has 1 fully saturated rings. The summed E-state index contributed by atoms with van der Waals surface area (Å²) >= 11 is 0. The molecule has 0 saturated carbocycles. The summed E-state index contributed by atoms with van der Waals surface area (Å²) in [6.45, 7) is 3.23. The van der Waals surface area contributed by atoms with Crippen LogP contribution in [0, 0.1) is 0 Å². The summed E-state index contributed by atoms with van der Waals surface area (Å²) in [5, 5.41) is 8.31. The first-order valence-corrected chi connectivity index (χ1v) is 12.4. The van der Waals surface area contributed by atoms with E-state index in [1.165, 1.54) is 6.33 Å². The Kier molecular flexibility index (Phi) is 6.01. The van der Waals surface area contributed by atoms with E-state index in [0.29, 0.717) is 31.2 Å². The topological polar surface area (TPSA) is 120 Å². The molecule has 188 valence electrons. The van der Waals surface area contributed by atoms with Gasteiger partial charge in [0.1, 0.15) is 6.33 Å². The number of aromatic nitrogens is 6. The Morgan fingerprint density at radius 3 is 2.59 bits per heavy atom. The normalized spacial score (nSPS) is 15.5. The third-order valence-corrected chi connectivity index (χ3v) is 6.85. The van der Waals surface area contributed by atoms with E-state index in [4.69, 9.17) is 9.26 Å². The third-order valence-electron chi connectivity index (χ3n) is 6.85. The van der Waals surface area contributed by atoms with Gasteiger partial charge in [-0.15, -0.1) is 0 Å². The monoisotopic (exact) mass is 498 g/mol. The second-order valence-corrected chi connectivity index (χ2v) is 9.20. The molecule has 10 nitrogen and oxygen atoms in total. The van der Waals surface area contributed by atoms with Gasteiger partial charge in [-0.2, -0.15) is 10.1 Å². The maximum absolute atomic E-state index is 13.8. The summed E-state index contributed by atoms with van der Waals surface area (Å²) in [6, 6.07) is 15.7. The van der Waals surface area contributed by atoms with Crippen LogP contribution in [0.15, 0.2) is 69.0 Å². The van der Waals surface area contributed by atoms with Crippen molar-refractivity contribution >= 4 is 5.78 Å². The summed E-state index contributed by atoms with van der Waals surface area (Å²) in [5.74, 6) is 0.360. The molecule has 1 aliphatic heterocycles. The Morgan fingerprint density at radius 2 is 1.89 bits per heavy atom. The van der Waals surface area contributed by atoms with Gasteiger partial charge in [0, 0.05) is 24.2 Å². The van der Waals surface area contributed by atoms with Crippen LogP contribution in [0.5, 0.6) is 0 Å². The highest BCUT2D eigenvalue weighted by Gasteiger charge is 2.26. The first-order chi connectivity index (χ1) is 18.1. The van der Waals surface area contributed by atoms with E-state index >= 15 is 0 Å². The van der Waals surface area contributed by atoms with Gasteiger partial charge in [0.2, 0.25) is 5.78 Å². The molecular weight excluding hydrogens is 472 g/mol. The number of aromatic amines is 1. The number of nitrogens with one attached hydrogen (secondary N) is 1. The van der Waals surface area contributed by atoms with Gasteiger partial charge in [0.25, 0.3) is 5.56 Å². The van der Waals surface area contributed by atoms with E-state index in [9.17, 15) is 9.59 Å². The second kappa shape index (κ2) is 9.62. The van der Waals surface area contributed by atoms with Crippen molar-refractivity contribution in [1.29, 1.82) is 0 Å². The molecule has 0 bridgehead atoms. The molecule has 37 heavy (non-hydrogen) atoms. The summed E-state index contributed by atoms with van der Waals surface area (Å²) in [7, 11) is 0. The molecule has 0 amide bonds. The summed E-state index contributed by atoms with van der Waals surface area (Å²) in [4.78, 5) is 32.4. The van der Waals surface area contributed by atoms with E-state index in [1.54, 1.807) is 4.57 Å². The molecule has 10 heteroatoms. The zero-order chi connectivity index (χ0) is 25.4. The van der Waals surface area contributed by atoms with Crippen molar-refractivity contribution in [1.82, 2.24) is 29.3 Å². The predicted octanol–water partition coefficient (Wildman–Crippen LogP) is 3.41. The molecule has 5 aromatic rings. The first-order valence-electron chi connectivity index (χ1n) is 12.4. The van der Waals surface area contributed by atoms with Crippen LogP contribution in [0.25, 0.3) is 28.3 Å². The number of ether oxygens (including phenoxy) is 1. The van der Waals surface area contributed by atoms with Crippen LogP contribution in [0.1, 0.15) is 42.6 Å². The number of rotatable bonds is 7. The Labute approximate surface area is 211 Å². The van der Waals surface area contributed by atoms with Gasteiger partial charge in [-0.3, -0.25) is 18.9 Å². The lowest BCUT2D eigenvalue weighted by Gasteiger charge is -2.18. The SMILES string of the molecule is CCCc1c(Cc2ccc(-c3ccccc3-c3noc(=O)[nH]3)cc2)c(=O)n(C2CCOC2)c2ncnn12. The van der Waals surface area contributed by atoms with E-state index in [1.807, 2.05) is 53.0 Å². The van der Waals surface area contributed by atoms with Crippen LogP contribution in [0.2, 0.25) is 0 Å². The highest BCUT2D eigenvalue weighted by molar-refractivity contribution is 5.80. The maximum atomic E-state index is 13.8. The van der Waals surface area contributed by atoms with Crippen molar-refractivity contribution in [2.45, 2.75) is 38.6 Å². The number of benzene rings is 2. The predicted molar refractivity (Wildman–Crippen MR) is 137 cm³/mol. The van der Waals surface area contributed by atoms with Gasteiger partial charge in [0.05, 0.1) is 18.3 Å². The number of hydrogen-bond donors (Lipinski definition) is 1. The number of fused-ring (bicyclic) bond motifs is 1. The first kappa shape index (κ1) is 23.1. The van der Waals surface area contributed by atoms with Crippen molar-refractivity contribution in [3.63, 3.8) is 0 Å².